The van der Waals surface area contributed by atoms with Gasteiger partial charge in [-0.05, 0) is 12.8 Å². The van der Waals surface area contributed by atoms with E-state index in [4.69, 9.17) is 10.8 Å². The molecule has 1 aliphatic rings. The van der Waals surface area contributed by atoms with Gasteiger partial charge in [-0.3, -0.25) is 4.79 Å². The van der Waals surface area contributed by atoms with Crippen LogP contribution in [-0.4, -0.2) is 41.0 Å². The summed E-state index contributed by atoms with van der Waals surface area (Å²) in [4.78, 5) is 22.5. The zero-order valence-electron chi connectivity index (χ0n) is 6.69. The summed E-state index contributed by atoms with van der Waals surface area (Å²) in [7, 11) is 0. The number of hydrogen-bond donors (Lipinski definition) is 2. The molecule has 0 aromatic carbocycles. The Morgan fingerprint density at radius 3 is 2.25 bits per heavy atom. The van der Waals surface area contributed by atoms with Crippen molar-refractivity contribution in [1.29, 1.82) is 0 Å². The van der Waals surface area contributed by atoms with Crippen LogP contribution in [0.4, 0.5) is 0 Å². The summed E-state index contributed by atoms with van der Waals surface area (Å²) in [5.74, 6) is -2.20. The fraction of sp³-hybridized carbons (Fsp3) is 0.714. The molecule has 12 heavy (non-hydrogen) atoms. The number of nitrogens with zero attached hydrogens (tertiary/aromatic N) is 1. The zero-order chi connectivity index (χ0) is 9.14. The monoisotopic (exact) mass is 172 g/mol. The van der Waals surface area contributed by atoms with Gasteiger partial charge in [0.25, 0.3) is 0 Å². The summed E-state index contributed by atoms with van der Waals surface area (Å²) in [6.07, 6.45) is 1.39. The fourth-order valence-electron chi connectivity index (χ4n) is 1.24. The molecule has 1 saturated heterocycles. The van der Waals surface area contributed by atoms with Crippen molar-refractivity contribution >= 4 is 11.9 Å². The first kappa shape index (κ1) is 8.99. The van der Waals surface area contributed by atoms with Gasteiger partial charge in [0.1, 0.15) is 0 Å². The van der Waals surface area contributed by atoms with E-state index in [0.29, 0.717) is 25.9 Å². The Hall–Kier alpha value is -1.10. The second-order valence-corrected chi connectivity index (χ2v) is 2.93. The highest BCUT2D eigenvalue weighted by molar-refractivity contribution is 6.31. The summed E-state index contributed by atoms with van der Waals surface area (Å²) in [5, 5.41) is 8.38. The van der Waals surface area contributed by atoms with Crippen molar-refractivity contribution in [3.8, 4) is 0 Å². The minimum Gasteiger partial charge on any atom is -0.474 e. The van der Waals surface area contributed by atoms with Crippen LogP contribution < -0.4 is 5.73 Å². The molecule has 0 unspecified atom stereocenters. The predicted molar refractivity (Wildman–Crippen MR) is 41.4 cm³/mol. The second kappa shape index (κ2) is 3.53. The number of carboxylic acid groups (broad SMARTS) is 1. The van der Waals surface area contributed by atoms with Gasteiger partial charge in [-0.1, -0.05) is 0 Å². The minimum atomic E-state index is -1.38. The van der Waals surface area contributed by atoms with E-state index in [1.54, 1.807) is 0 Å². The highest BCUT2D eigenvalue weighted by atomic mass is 16.4. The summed E-state index contributed by atoms with van der Waals surface area (Å²) < 4.78 is 0. The summed E-state index contributed by atoms with van der Waals surface area (Å²) >= 11 is 0. The molecule has 0 bridgehead atoms. The highest BCUT2D eigenvalue weighted by Crippen LogP contribution is 2.07. The van der Waals surface area contributed by atoms with Crippen molar-refractivity contribution in [2.45, 2.75) is 18.9 Å². The summed E-state index contributed by atoms with van der Waals surface area (Å²) in [5.41, 5.74) is 5.59. The maximum absolute atomic E-state index is 10.9. The van der Waals surface area contributed by atoms with Gasteiger partial charge in [-0.25, -0.2) is 4.79 Å². The number of piperidine rings is 1. The van der Waals surface area contributed by atoms with Crippen LogP contribution in [0.15, 0.2) is 0 Å². The first-order valence-electron chi connectivity index (χ1n) is 3.89. The van der Waals surface area contributed by atoms with Gasteiger partial charge >= 0.3 is 11.9 Å². The molecule has 0 aromatic rings. The van der Waals surface area contributed by atoms with Crippen molar-refractivity contribution in [2.24, 2.45) is 5.73 Å². The van der Waals surface area contributed by atoms with E-state index in [0.717, 1.165) is 0 Å². The molecule has 1 rings (SSSR count). The number of carbonyl (C=O) groups excluding carboxylic acids is 1. The van der Waals surface area contributed by atoms with E-state index in [2.05, 4.69) is 0 Å². The Labute approximate surface area is 70.1 Å². The summed E-state index contributed by atoms with van der Waals surface area (Å²) in [6.45, 7) is 0.929. The van der Waals surface area contributed by atoms with Crippen LogP contribution in [0.2, 0.25) is 0 Å². The van der Waals surface area contributed by atoms with E-state index >= 15 is 0 Å². The van der Waals surface area contributed by atoms with Crippen LogP contribution in [0, 0.1) is 0 Å². The molecule has 0 spiro atoms. The average Bonchev–Trinajstić information content (AvgIpc) is 2.04. The van der Waals surface area contributed by atoms with Crippen molar-refractivity contribution in [3.63, 3.8) is 0 Å². The fourth-order valence-corrected chi connectivity index (χ4v) is 1.24. The Bertz CT molecular complexity index is 197. The average molecular weight is 172 g/mol. The third-order valence-corrected chi connectivity index (χ3v) is 2.01. The molecular weight excluding hydrogens is 160 g/mol. The zero-order valence-corrected chi connectivity index (χ0v) is 6.69. The number of aliphatic carboxylic acids is 1. The van der Waals surface area contributed by atoms with Gasteiger partial charge < -0.3 is 15.7 Å². The number of carboxylic acids is 1. The Balaban J connectivity index is 2.44. The van der Waals surface area contributed by atoms with E-state index in [-0.39, 0.29) is 6.04 Å². The molecule has 5 heteroatoms. The van der Waals surface area contributed by atoms with Gasteiger partial charge in [-0.2, -0.15) is 0 Å². The molecule has 5 nitrogen and oxygen atoms in total. The van der Waals surface area contributed by atoms with Crippen LogP contribution in [0.5, 0.6) is 0 Å². The standard InChI is InChI=1S/C7H12N2O3/c8-5-1-3-9(4-2-5)6(10)7(11)12/h5H,1-4,8H2,(H,11,12). The Morgan fingerprint density at radius 1 is 1.33 bits per heavy atom. The van der Waals surface area contributed by atoms with Crippen LogP contribution in [0.3, 0.4) is 0 Å². The molecular formula is C7H12N2O3. The van der Waals surface area contributed by atoms with E-state index in [1.807, 2.05) is 0 Å². The Morgan fingerprint density at radius 2 is 1.83 bits per heavy atom. The number of likely N-dealkylation sites (tertiary alicyclic amines) is 1. The second-order valence-electron chi connectivity index (χ2n) is 2.93. The molecule has 0 radical (unpaired) electrons. The van der Waals surface area contributed by atoms with Crippen LogP contribution in [-0.2, 0) is 9.59 Å². The first-order chi connectivity index (χ1) is 5.61. The number of rotatable bonds is 0. The van der Waals surface area contributed by atoms with Gasteiger partial charge in [0.05, 0.1) is 0 Å². The molecule has 0 saturated carbocycles. The maximum atomic E-state index is 10.9. The number of carbonyl (C=O) groups is 2. The van der Waals surface area contributed by atoms with Gasteiger partial charge in [0.2, 0.25) is 0 Å². The highest BCUT2D eigenvalue weighted by Gasteiger charge is 2.24. The smallest absolute Gasteiger partial charge is 0.394 e. The lowest BCUT2D eigenvalue weighted by Crippen LogP contribution is -2.45. The van der Waals surface area contributed by atoms with Crippen LogP contribution >= 0.6 is 0 Å². The van der Waals surface area contributed by atoms with Gasteiger partial charge in [0.15, 0.2) is 0 Å². The van der Waals surface area contributed by atoms with E-state index < -0.39 is 11.9 Å². The molecule has 0 aromatic heterocycles. The first-order valence-corrected chi connectivity index (χ1v) is 3.89. The van der Waals surface area contributed by atoms with Crippen molar-refractivity contribution in [1.82, 2.24) is 4.90 Å². The topological polar surface area (TPSA) is 83.6 Å². The SMILES string of the molecule is NC1CCN(C(=O)C(=O)O)CC1. The van der Waals surface area contributed by atoms with Crippen molar-refractivity contribution in [2.75, 3.05) is 13.1 Å². The molecule has 1 fully saturated rings. The molecule has 3 N–H and O–H groups in total. The lowest BCUT2D eigenvalue weighted by molar-refractivity contribution is -0.156. The number of amides is 1. The molecule has 0 aliphatic carbocycles. The summed E-state index contributed by atoms with van der Waals surface area (Å²) in [6, 6.07) is 0.114. The molecule has 0 atom stereocenters. The largest absolute Gasteiger partial charge is 0.474 e. The quantitative estimate of drug-likeness (QED) is 0.460. The van der Waals surface area contributed by atoms with Gasteiger partial charge in [-0.15, -0.1) is 0 Å². The Kier molecular flexibility index (Phi) is 2.65. The molecule has 1 amide bonds. The van der Waals surface area contributed by atoms with Crippen LogP contribution in [0.25, 0.3) is 0 Å². The molecule has 68 valence electrons. The maximum Gasteiger partial charge on any atom is 0.394 e. The van der Waals surface area contributed by atoms with E-state index in [9.17, 15) is 9.59 Å². The predicted octanol–water partition coefficient (Wildman–Crippen LogP) is -0.979. The lowest BCUT2D eigenvalue weighted by Gasteiger charge is -2.28. The molecule has 1 heterocycles. The van der Waals surface area contributed by atoms with E-state index in [1.165, 1.54) is 4.90 Å². The normalized spacial score (nSPS) is 19.2. The van der Waals surface area contributed by atoms with Crippen molar-refractivity contribution < 1.29 is 14.7 Å². The third kappa shape index (κ3) is 1.94. The van der Waals surface area contributed by atoms with Gasteiger partial charge in [0, 0.05) is 19.1 Å². The number of hydrogen-bond acceptors (Lipinski definition) is 3. The van der Waals surface area contributed by atoms with Crippen LogP contribution in [0.1, 0.15) is 12.8 Å². The lowest BCUT2D eigenvalue weighted by atomic mass is 10.1. The third-order valence-electron chi connectivity index (χ3n) is 2.01. The minimum absolute atomic E-state index is 0.114. The number of nitrogens with two attached hydrogens (primary N) is 1. The molecule has 1 aliphatic heterocycles. The van der Waals surface area contributed by atoms with Crippen molar-refractivity contribution in [3.05, 3.63) is 0 Å².